The van der Waals surface area contributed by atoms with Crippen molar-refractivity contribution >= 4 is 5.69 Å². The van der Waals surface area contributed by atoms with Crippen LogP contribution in [0.4, 0.5) is 5.69 Å². The Balaban J connectivity index is 2.79. The Morgan fingerprint density at radius 2 is 1.92 bits per heavy atom. The fraction of sp³-hybridized carbons (Fsp3) is 0.333. The van der Waals surface area contributed by atoms with Gasteiger partial charge in [0.15, 0.2) is 0 Å². The molecule has 70 valence electrons. The molecule has 13 heavy (non-hydrogen) atoms. The van der Waals surface area contributed by atoms with Crippen LogP contribution in [0.5, 0.6) is 0 Å². The predicted octanol–water partition coefficient (Wildman–Crippen LogP) is 3.44. The molecule has 0 aliphatic rings. The minimum Gasteiger partial charge on any atom is -0.349 e. The second-order valence-corrected chi connectivity index (χ2v) is 3.15. The molecular formula is C12H17N. The first kappa shape index (κ1) is 9.85. The molecule has 0 fully saturated rings. The molecule has 0 saturated carbocycles. The fourth-order valence-corrected chi connectivity index (χ4v) is 1.29. The van der Waals surface area contributed by atoms with Gasteiger partial charge >= 0.3 is 0 Å². The highest BCUT2D eigenvalue weighted by molar-refractivity contribution is 5.50. The van der Waals surface area contributed by atoms with Crippen molar-refractivity contribution in [3.05, 3.63) is 42.1 Å². The van der Waals surface area contributed by atoms with Gasteiger partial charge < -0.3 is 4.90 Å². The lowest BCUT2D eigenvalue weighted by molar-refractivity contribution is 1.05. The monoisotopic (exact) mass is 175 g/mol. The predicted molar refractivity (Wildman–Crippen MR) is 58.9 cm³/mol. The van der Waals surface area contributed by atoms with Gasteiger partial charge in [-0.3, -0.25) is 0 Å². The van der Waals surface area contributed by atoms with Gasteiger partial charge in [-0.1, -0.05) is 31.2 Å². The van der Waals surface area contributed by atoms with Gasteiger partial charge in [-0.15, -0.1) is 0 Å². The number of para-hydroxylation sites is 1. The maximum Gasteiger partial charge on any atom is 0.0405 e. The number of benzene rings is 1. The SMILES string of the molecule is CC/C=C(/C)N(C)c1ccccc1. The number of nitrogens with zero attached hydrogens (tertiary/aromatic N) is 1. The minimum atomic E-state index is 1.09. The molecular weight excluding hydrogens is 158 g/mol. The summed E-state index contributed by atoms with van der Waals surface area (Å²) in [6.07, 6.45) is 3.32. The highest BCUT2D eigenvalue weighted by Crippen LogP contribution is 2.15. The van der Waals surface area contributed by atoms with E-state index in [0.29, 0.717) is 0 Å². The highest BCUT2D eigenvalue weighted by atomic mass is 15.1. The maximum absolute atomic E-state index is 2.23. The van der Waals surface area contributed by atoms with Crippen molar-refractivity contribution in [3.8, 4) is 0 Å². The normalized spacial score (nSPS) is 11.5. The van der Waals surface area contributed by atoms with Crippen LogP contribution in [0.25, 0.3) is 0 Å². The van der Waals surface area contributed by atoms with Crippen LogP contribution < -0.4 is 4.90 Å². The Labute approximate surface area is 80.7 Å². The maximum atomic E-state index is 2.23. The van der Waals surface area contributed by atoms with E-state index in [2.05, 4.69) is 56.1 Å². The molecule has 1 nitrogen and oxygen atoms in total. The van der Waals surface area contributed by atoms with Crippen LogP contribution >= 0.6 is 0 Å². The summed E-state index contributed by atoms with van der Waals surface area (Å²) < 4.78 is 0. The molecule has 0 aromatic heterocycles. The zero-order valence-electron chi connectivity index (χ0n) is 8.62. The summed E-state index contributed by atoms with van der Waals surface area (Å²) >= 11 is 0. The van der Waals surface area contributed by atoms with Gasteiger partial charge in [-0.05, 0) is 25.5 Å². The highest BCUT2D eigenvalue weighted by Gasteiger charge is 1.99. The molecule has 0 bridgehead atoms. The van der Waals surface area contributed by atoms with E-state index in [-0.39, 0.29) is 0 Å². The first-order valence-electron chi connectivity index (χ1n) is 4.71. The number of anilines is 1. The van der Waals surface area contributed by atoms with Gasteiger partial charge in [0.1, 0.15) is 0 Å². The molecule has 0 unspecified atom stereocenters. The average molecular weight is 175 g/mol. The number of rotatable bonds is 3. The van der Waals surface area contributed by atoms with Crippen LogP contribution in [0.1, 0.15) is 20.3 Å². The molecule has 0 atom stereocenters. The number of allylic oxidation sites excluding steroid dienone is 2. The second-order valence-electron chi connectivity index (χ2n) is 3.15. The molecule has 1 aromatic carbocycles. The topological polar surface area (TPSA) is 3.24 Å². The smallest absolute Gasteiger partial charge is 0.0405 e. The van der Waals surface area contributed by atoms with E-state index >= 15 is 0 Å². The van der Waals surface area contributed by atoms with Crippen LogP contribution in [0.3, 0.4) is 0 Å². The Kier molecular flexibility index (Phi) is 3.56. The summed E-state index contributed by atoms with van der Waals surface area (Å²) in [5.74, 6) is 0. The first-order valence-corrected chi connectivity index (χ1v) is 4.71. The van der Waals surface area contributed by atoms with Crippen LogP contribution in [0.15, 0.2) is 42.1 Å². The van der Waals surface area contributed by atoms with Crippen molar-refractivity contribution in [1.82, 2.24) is 0 Å². The van der Waals surface area contributed by atoms with Gasteiger partial charge in [0.2, 0.25) is 0 Å². The Bertz CT molecular complexity index is 274. The Hall–Kier alpha value is -1.24. The summed E-state index contributed by atoms with van der Waals surface area (Å²) in [7, 11) is 2.09. The molecule has 1 rings (SSSR count). The first-order chi connectivity index (χ1) is 6.25. The standard InChI is InChI=1S/C12H17N/c1-4-8-11(2)13(3)12-9-6-5-7-10-12/h5-10H,4H2,1-3H3/b11-8-. The second kappa shape index (κ2) is 4.70. The van der Waals surface area contributed by atoms with Crippen molar-refractivity contribution < 1.29 is 0 Å². The van der Waals surface area contributed by atoms with E-state index in [1.807, 2.05) is 6.07 Å². The van der Waals surface area contributed by atoms with Gasteiger partial charge in [0.05, 0.1) is 0 Å². The van der Waals surface area contributed by atoms with Crippen LogP contribution in [0, 0.1) is 0 Å². The molecule has 0 aliphatic carbocycles. The molecule has 1 aromatic rings. The third kappa shape index (κ3) is 2.62. The summed E-state index contributed by atoms with van der Waals surface area (Å²) in [6.45, 7) is 4.29. The van der Waals surface area contributed by atoms with Crippen LogP contribution in [-0.4, -0.2) is 7.05 Å². The van der Waals surface area contributed by atoms with Crippen molar-refractivity contribution in [2.45, 2.75) is 20.3 Å². The summed E-state index contributed by atoms with van der Waals surface area (Å²) in [5.41, 5.74) is 2.54. The summed E-state index contributed by atoms with van der Waals surface area (Å²) in [5, 5.41) is 0. The summed E-state index contributed by atoms with van der Waals surface area (Å²) in [6, 6.07) is 10.4. The van der Waals surface area contributed by atoms with Crippen molar-refractivity contribution in [3.63, 3.8) is 0 Å². The van der Waals surface area contributed by atoms with Crippen molar-refractivity contribution in [2.24, 2.45) is 0 Å². The molecule has 0 radical (unpaired) electrons. The van der Waals surface area contributed by atoms with Crippen LogP contribution in [-0.2, 0) is 0 Å². The largest absolute Gasteiger partial charge is 0.349 e. The lowest BCUT2D eigenvalue weighted by atomic mass is 10.2. The van der Waals surface area contributed by atoms with Gasteiger partial charge in [0, 0.05) is 18.4 Å². The molecule has 0 N–H and O–H groups in total. The Morgan fingerprint density at radius 3 is 2.46 bits per heavy atom. The van der Waals surface area contributed by atoms with Crippen molar-refractivity contribution in [1.29, 1.82) is 0 Å². The van der Waals surface area contributed by atoms with E-state index in [1.54, 1.807) is 0 Å². The van der Waals surface area contributed by atoms with Gasteiger partial charge in [0.25, 0.3) is 0 Å². The third-order valence-electron chi connectivity index (χ3n) is 2.17. The minimum absolute atomic E-state index is 1.09. The number of hydrogen-bond acceptors (Lipinski definition) is 1. The lowest BCUT2D eigenvalue weighted by Crippen LogP contribution is -2.13. The fourth-order valence-electron chi connectivity index (χ4n) is 1.29. The molecule has 0 amide bonds. The zero-order valence-corrected chi connectivity index (χ0v) is 8.62. The van der Waals surface area contributed by atoms with E-state index in [4.69, 9.17) is 0 Å². The lowest BCUT2D eigenvalue weighted by Gasteiger charge is -2.19. The quantitative estimate of drug-likeness (QED) is 0.680. The van der Waals surface area contributed by atoms with Gasteiger partial charge in [-0.2, -0.15) is 0 Å². The molecule has 0 spiro atoms. The van der Waals surface area contributed by atoms with Crippen molar-refractivity contribution in [2.75, 3.05) is 11.9 Å². The third-order valence-corrected chi connectivity index (χ3v) is 2.17. The average Bonchev–Trinajstić information content (AvgIpc) is 2.18. The van der Waals surface area contributed by atoms with Crippen LogP contribution in [0.2, 0.25) is 0 Å². The van der Waals surface area contributed by atoms with E-state index in [9.17, 15) is 0 Å². The van der Waals surface area contributed by atoms with E-state index in [1.165, 1.54) is 11.4 Å². The summed E-state index contributed by atoms with van der Waals surface area (Å²) in [4.78, 5) is 2.20. The molecule has 0 heterocycles. The zero-order chi connectivity index (χ0) is 9.68. The molecule has 0 saturated heterocycles. The molecule has 0 aliphatic heterocycles. The van der Waals surface area contributed by atoms with Gasteiger partial charge in [-0.25, -0.2) is 0 Å². The molecule has 1 heteroatoms. The Morgan fingerprint density at radius 1 is 1.31 bits per heavy atom. The van der Waals surface area contributed by atoms with E-state index < -0.39 is 0 Å². The number of hydrogen-bond donors (Lipinski definition) is 0. The van der Waals surface area contributed by atoms with E-state index in [0.717, 1.165) is 6.42 Å².